The Kier molecular flexibility index (Phi) is 4.75. The highest BCUT2D eigenvalue weighted by Gasteiger charge is 2.18. The van der Waals surface area contributed by atoms with Gasteiger partial charge in [0.25, 0.3) is 6.01 Å². The lowest BCUT2D eigenvalue weighted by molar-refractivity contribution is -0.135. The van der Waals surface area contributed by atoms with Gasteiger partial charge < -0.3 is 19.2 Å². The third-order valence-corrected chi connectivity index (χ3v) is 1.86. The van der Waals surface area contributed by atoms with Gasteiger partial charge in [-0.3, -0.25) is 4.79 Å². The molecule has 0 aliphatic carbocycles. The molecule has 0 spiro atoms. The normalized spacial score (nSPS) is 9.56. The second kappa shape index (κ2) is 6.30. The number of carboxylic acid groups (broad SMARTS) is 1. The molecule has 0 aromatic carbocycles. The van der Waals surface area contributed by atoms with Crippen LogP contribution in [0.15, 0.2) is 10.7 Å². The Bertz CT molecular complexity index is 474. The topological polar surface area (TPSA) is 92.9 Å². The average Bonchev–Trinajstić information content (AvgIpc) is 2.77. The number of hydrogen-bond donors (Lipinski definition) is 1. The first kappa shape index (κ1) is 13.6. The molecule has 1 rings (SSSR count). The van der Waals surface area contributed by atoms with Crippen LogP contribution in [0.1, 0.15) is 17.4 Å². The van der Waals surface area contributed by atoms with Crippen LogP contribution in [0.4, 0.5) is 6.01 Å². The molecule has 0 amide bonds. The number of esters is 1. The van der Waals surface area contributed by atoms with E-state index in [-0.39, 0.29) is 31.4 Å². The molecule has 0 bridgehead atoms. The van der Waals surface area contributed by atoms with Gasteiger partial charge in [0.1, 0.15) is 12.8 Å². The Morgan fingerprint density at radius 2 is 2.39 bits per heavy atom. The van der Waals surface area contributed by atoms with Crippen molar-refractivity contribution in [1.82, 2.24) is 4.98 Å². The number of carbonyl (C=O) groups excluding carboxylic acids is 1. The SMILES string of the molecule is C#CCN(CC(=O)O)c1nc(C(=O)OCC)co1. The number of rotatable bonds is 6. The second-order valence-electron chi connectivity index (χ2n) is 3.19. The van der Waals surface area contributed by atoms with E-state index in [9.17, 15) is 9.59 Å². The number of carboxylic acids is 1. The van der Waals surface area contributed by atoms with Crippen LogP contribution in [-0.4, -0.2) is 41.7 Å². The molecule has 18 heavy (non-hydrogen) atoms. The molecular formula is C11H12N2O5. The summed E-state index contributed by atoms with van der Waals surface area (Å²) in [5, 5.41) is 8.70. The summed E-state index contributed by atoms with van der Waals surface area (Å²) in [7, 11) is 0. The predicted octanol–water partition coefficient (Wildman–Crippen LogP) is 0.375. The zero-order valence-corrected chi connectivity index (χ0v) is 9.75. The third-order valence-electron chi connectivity index (χ3n) is 1.86. The molecule has 0 radical (unpaired) electrons. The molecule has 96 valence electrons. The Hall–Kier alpha value is -2.49. The van der Waals surface area contributed by atoms with Crippen LogP contribution in [0.3, 0.4) is 0 Å². The quantitative estimate of drug-likeness (QED) is 0.577. The lowest BCUT2D eigenvalue weighted by Crippen LogP contribution is -2.30. The molecule has 0 saturated carbocycles. The molecule has 1 N–H and O–H groups in total. The molecule has 0 unspecified atom stereocenters. The number of aromatic nitrogens is 1. The highest BCUT2D eigenvalue weighted by atomic mass is 16.5. The van der Waals surface area contributed by atoms with Crippen molar-refractivity contribution in [3.63, 3.8) is 0 Å². The van der Waals surface area contributed by atoms with Gasteiger partial charge in [0, 0.05) is 0 Å². The summed E-state index contributed by atoms with van der Waals surface area (Å²) in [4.78, 5) is 27.0. The van der Waals surface area contributed by atoms with Gasteiger partial charge in [-0.25, -0.2) is 4.79 Å². The van der Waals surface area contributed by atoms with E-state index in [1.165, 1.54) is 4.90 Å². The van der Waals surface area contributed by atoms with E-state index in [0.717, 1.165) is 6.26 Å². The summed E-state index contributed by atoms with van der Waals surface area (Å²) in [6.45, 7) is 1.51. The Balaban J connectivity index is 2.84. The van der Waals surface area contributed by atoms with E-state index in [4.69, 9.17) is 20.7 Å². The van der Waals surface area contributed by atoms with E-state index in [0.29, 0.717) is 0 Å². The minimum Gasteiger partial charge on any atom is -0.480 e. The maximum atomic E-state index is 11.3. The summed E-state index contributed by atoms with van der Waals surface area (Å²) >= 11 is 0. The minimum absolute atomic E-state index is 0.00901. The van der Waals surface area contributed by atoms with Crippen LogP contribution in [0.25, 0.3) is 0 Å². The molecule has 1 heterocycles. The lowest BCUT2D eigenvalue weighted by atomic mass is 10.5. The van der Waals surface area contributed by atoms with Gasteiger partial charge >= 0.3 is 11.9 Å². The van der Waals surface area contributed by atoms with Crippen LogP contribution in [0.5, 0.6) is 0 Å². The first-order valence-electron chi connectivity index (χ1n) is 5.11. The number of anilines is 1. The van der Waals surface area contributed by atoms with Crippen molar-refractivity contribution in [3.8, 4) is 12.3 Å². The zero-order valence-electron chi connectivity index (χ0n) is 9.75. The number of oxazole rings is 1. The Morgan fingerprint density at radius 1 is 1.67 bits per heavy atom. The molecule has 0 aliphatic heterocycles. The van der Waals surface area contributed by atoms with Crippen LogP contribution >= 0.6 is 0 Å². The number of hydrogen-bond acceptors (Lipinski definition) is 6. The molecule has 1 aromatic heterocycles. The van der Waals surface area contributed by atoms with Crippen molar-refractivity contribution >= 4 is 18.0 Å². The summed E-state index contributed by atoms with van der Waals surface area (Å²) in [6.07, 6.45) is 6.21. The third kappa shape index (κ3) is 3.52. The number of aliphatic carboxylic acids is 1. The largest absolute Gasteiger partial charge is 0.480 e. The van der Waals surface area contributed by atoms with E-state index in [2.05, 4.69) is 10.9 Å². The first-order chi connectivity index (χ1) is 8.58. The van der Waals surface area contributed by atoms with E-state index >= 15 is 0 Å². The van der Waals surface area contributed by atoms with Crippen molar-refractivity contribution in [3.05, 3.63) is 12.0 Å². The minimum atomic E-state index is -1.08. The summed E-state index contributed by atoms with van der Waals surface area (Å²) in [5.41, 5.74) is -0.0285. The molecule has 0 aliphatic rings. The number of nitrogens with zero attached hydrogens (tertiary/aromatic N) is 2. The lowest BCUT2D eigenvalue weighted by Gasteiger charge is -2.14. The van der Waals surface area contributed by atoms with Gasteiger partial charge in [-0.05, 0) is 6.92 Å². The maximum Gasteiger partial charge on any atom is 0.360 e. The summed E-state index contributed by atoms with van der Waals surface area (Å²) in [6, 6.07) is -0.0293. The number of carbonyl (C=O) groups is 2. The summed E-state index contributed by atoms with van der Waals surface area (Å²) in [5.74, 6) is 0.564. The molecule has 7 nitrogen and oxygen atoms in total. The molecule has 0 atom stereocenters. The van der Waals surface area contributed by atoms with E-state index in [1.807, 2.05) is 0 Å². The monoisotopic (exact) mass is 252 g/mol. The predicted molar refractivity (Wildman–Crippen MR) is 61.1 cm³/mol. The second-order valence-corrected chi connectivity index (χ2v) is 3.19. The van der Waals surface area contributed by atoms with Crippen molar-refractivity contribution < 1.29 is 23.8 Å². The molecule has 7 heteroatoms. The van der Waals surface area contributed by atoms with Gasteiger partial charge in [-0.2, -0.15) is 4.98 Å². The average molecular weight is 252 g/mol. The van der Waals surface area contributed by atoms with Gasteiger partial charge in [-0.1, -0.05) is 5.92 Å². The smallest absolute Gasteiger partial charge is 0.360 e. The first-order valence-corrected chi connectivity index (χ1v) is 5.11. The fourth-order valence-electron chi connectivity index (χ4n) is 1.17. The fourth-order valence-corrected chi connectivity index (χ4v) is 1.17. The van der Waals surface area contributed by atoms with Gasteiger partial charge in [0.05, 0.1) is 13.2 Å². The van der Waals surface area contributed by atoms with E-state index in [1.54, 1.807) is 6.92 Å². The number of terminal acetylenes is 1. The van der Waals surface area contributed by atoms with Crippen molar-refractivity contribution in [2.24, 2.45) is 0 Å². The van der Waals surface area contributed by atoms with Crippen LogP contribution in [0, 0.1) is 12.3 Å². The highest BCUT2D eigenvalue weighted by molar-refractivity contribution is 5.87. The maximum absolute atomic E-state index is 11.3. The van der Waals surface area contributed by atoms with Gasteiger partial charge in [-0.15, -0.1) is 6.42 Å². The molecular weight excluding hydrogens is 240 g/mol. The standard InChI is InChI=1S/C11H12N2O5/c1-3-5-13(6-9(14)15)11-12-8(7-18-11)10(16)17-4-2/h1,7H,4-6H2,2H3,(H,14,15). The van der Waals surface area contributed by atoms with Crippen molar-refractivity contribution in [2.75, 3.05) is 24.6 Å². The zero-order chi connectivity index (χ0) is 13.5. The van der Waals surface area contributed by atoms with Crippen LogP contribution in [-0.2, 0) is 9.53 Å². The molecule has 0 saturated heterocycles. The van der Waals surface area contributed by atoms with Gasteiger partial charge in [0.2, 0.25) is 0 Å². The fraction of sp³-hybridized carbons (Fsp3) is 0.364. The van der Waals surface area contributed by atoms with Crippen molar-refractivity contribution in [2.45, 2.75) is 6.92 Å². The van der Waals surface area contributed by atoms with Crippen molar-refractivity contribution in [1.29, 1.82) is 0 Å². The van der Waals surface area contributed by atoms with Crippen LogP contribution in [0.2, 0.25) is 0 Å². The van der Waals surface area contributed by atoms with Crippen LogP contribution < -0.4 is 4.90 Å². The van der Waals surface area contributed by atoms with Gasteiger partial charge in [0.15, 0.2) is 5.69 Å². The van der Waals surface area contributed by atoms with E-state index < -0.39 is 11.9 Å². The number of ether oxygens (including phenoxy) is 1. The summed E-state index contributed by atoms with van der Waals surface area (Å²) < 4.78 is 9.73. The molecule has 1 aromatic rings. The Morgan fingerprint density at radius 3 is 2.94 bits per heavy atom. The molecule has 0 fully saturated rings. The highest BCUT2D eigenvalue weighted by Crippen LogP contribution is 2.13. The Labute approximate surface area is 103 Å².